The molecule has 0 bridgehead atoms. The van der Waals surface area contributed by atoms with Gasteiger partial charge in [-0.3, -0.25) is 0 Å². The summed E-state index contributed by atoms with van der Waals surface area (Å²) in [6.07, 6.45) is 0. The van der Waals surface area contributed by atoms with E-state index >= 15 is 0 Å². The van der Waals surface area contributed by atoms with E-state index in [2.05, 4.69) is 73.8 Å². The molecule has 0 aliphatic carbocycles. The normalized spacial score (nSPS) is 14.8. The van der Waals surface area contributed by atoms with Crippen molar-refractivity contribution in [1.29, 1.82) is 0 Å². The van der Waals surface area contributed by atoms with E-state index in [1.54, 1.807) is 0 Å². The average Bonchev–Trinajstić information content (AvgIpc) is 2.35. The summed E-state index contributed by atoms with van der Waals surface area (Å²) in [5.74, 6) is 1.85. The van der Waals surface area contributed by atoms with E-state index in [9.17, 15) is 0 Å². The lowest BCUT2D eigenvalue weighted by Crippen LogP contribution is -2.39. The highest BCUT2D eigenvalue weighted by Gasteiger charge is 2.31. The van der Waals surface area contributed by atoms with Gasteiger partial charge in [0.25, 0.3) is 5.84 Å². The Hall–Kier alpha value is -1.83. The molecule has 1 heterocycles. The maximum absolute atomic E-state index is 2.32. The zero-order chi connectivity index (χ0) is 12.9. The Labute approximate surface area is 108 Å². The molecule has 2 nitrogen and oxygen atoms in total. The van der Waals surface area contributed by atoms with Crippen molar-refractivity contribution in [2.24, 2.45) is 5.92 Å². The van der Waals surface area contributed by atoms with E-state index in [1.165, 1.54) is 28.0 Å². The fraction of sp³-hybridized carbons (Fsp3) is 0.312. The van der Waals surface area contributed by atoms with E-state index in [4.69, 9.17) is 0 Å². The molecule has 0 spiro atoms. The SMILES string of the molecule is CC(C)C1=[N+](C)c2cccc3cccc(c23)N1C. The van der Waals surface area contributed by atoms with Crippen molar-refractivity contribution in [3.8, 4) is 0 Å². The van der Waals surface area contributed by atoms with Gasteiger partial charge in [-0.2, -0.15) is 0 Å². The van der Waals surface area contributed by atoms with Crippen LogP contribution in [0.25, 0.3) is 10.8 Å². The second-order valence-corrected chi connectivity index (χ2v) is 5.28. The van der Waals surface area contributed by atoms with Crippen molar-refractivity contribution in [3.63, 3.8) is 0 Å². The molecular formula is C16H19N2+. The maximum Gasteiger partial charge on any atom is 0.259 e. The lowest BCUT2D eigenvalue weighted by atomic mass is 10.0. The first-order chi connectivity index (χ1) is 8.61. The molecule has 0 atom stereocenters. The molecule has 0 radical (unpaired) electrons. The van der Waals surface area contributed by atoms with E-state index < -0.39 is 0 Å². The van der Waals surface area contributed by atoms with Gasteiger partial charge in [0.05, 0.1) is 25.4 Å². The standard InChI is InChI=1S/C16H19N2/c1-11(2)16-17(3)13-9-5-7-12-8-6-10-14(15(12)13)18(16)4/h5-11H,1-4H3/q+1. The van der Waals surface area contributed by atoms with Crippen molar-refractivity contribution in [1.82, 2.24) is 0 Å². The molecular weight excluding hydrogens is 220 g/mol. The first kappa shape index (κ1) is 11.3. The molecule has 0 amide bonds. The quantitative estimate of drug-likeness (QED) is 0.689. The number of amidine groups is 1. The number of hydrogen-bond acceptors (Lipinski definition) is 1. The van der Waals surface area contributed by atoms with E-state index in [1.807, 2.05) is 0 Å². The fourth-order valence-corrected chi connectivity index (χ4v) is 3.11. The van der Waals surface area contributed by atoms with Gasteiger partial charge in [0, 0.05) is 0 Å². The third-order valence-corrected chi connectivity index (χ3v) is 3.79. The maximum atomic E-state index is 2.32. The average molecular weight is 239 g/mol. The van der Waals surface area contributed by atoms with Crippen LogP contribution in [0, 0.1) is 5.92 Å². The summed E-state index contributed by atoms with van der Waals surface area (Å²) in [6, 6.07) is 13.1. The molecule has 92 valence electrons. The van der Waals surface area contributed by atoms with Crippen LogP contribution >= 0.6 is 0 Å². The van der Waals surface area contributed by atoms with Gasteiger partial charge < -0.3 is 0 Å². The molecule has 0 aromatic heterocycles. The van der Waals surface area contributed by atoms with E-state index in [-0.39, 0.29) is 0 Å². The minimum atomic E-state index is 0.503. The van der Waals surface area contributed by atoms with E-state index in [0.717, 1.165) is 0 Å². The summed E-state index contributed by atoms with van der Waals surface area (Å²) >= 11 is 0. The van der Waals surface area contributed by atoms with Crippen LogP contribution in [0.2, 0.25) is 0 Å². The van der Waals surface area contributed by atoms with Crippen LogP contribution in [0.4, 0.5) is 11.4 Å². The monoisotopic (exact) mass is 239 g/mol. The Bertz CT molecular complexity index is 648. The van der Waals surface area contributed by atoms with E-state index in [0.29, 0.717) is 5.92 Å². The topological polar surface area (TPSA) is 6.25 Å². The molecule has 0 N–H and O–H groups in total. The molecule has 3 rings (SSSR count). The molecule has 2 aromatic rings. The smallest absolute Gasteiger partial charge is 0.233 e. The molecule has 0 fully saturated rings. The number of nitrogens with zero attached hydrogens (tertiary/aromatic N) is 2. The highest BCUT2D eigenvalue weighted by atomic mass is 15.2. The predicted octanol–water partition coefficient (Wildman–Crippen LogP) is 3.62. The molecule has 0 saturated heterocycles. The minimum absolute atomic E-state index is 0.503. The molecule has 2 aromatic carbocycles. The van der Waals surface area contributed by atoms with Crippen LogP contribution in [0.15, 0.2) is 36.4 Å². The summed E-state index contributed by atoms with van der Waals surface area (Å²) in [5.41, 5.74) is 2.62. The first-order valence-corrected chi connectivity index (χ1v) is 6.47. The van der Waals surface area contributed by atoms with Crippen LogP contribution in [0.3, 0.4) is 0 Å². The van der Waals surface area contributed by atoms with Crippen molar-refractivity contribution >= 4 is 28.0 Å². The zero-order valence-corrected chi connectivity index (χ0v) is 11.4. The summed E-state index contributed by atoms with van der Waals surface area (Å²) in [4.78, 5) is 2.32. The number of rotatable bonds is 1. The molecule has 2 heteroatoms. The summed E-state index contributed by atoms with van der Waals surface area (Å²) in [7, 11) is 4.33. The highest BCUT2D eigenvalue weighted by Crippen LogP contribution is 2.37. The minimum Gasteiger partial charge on any atom is -0.233 e. The van der Waals surface area contributed by atoms with Crippen molar-refractivity contribution in [3.05, 3.63) is 36.4 Å². The molecule has 18 heavy (non-hydrogen) atoms. The van der Waals surface area contributed by atoms with Crippen LogP contribution in [-0.4, -0.2) is 24.5 Å². The highest BCUT2D eigenvalue weighted by molar-refractivity contribution is 6.11. The van der Waals surface area contributed by atoms with Crippen molar-refractivity contribution in [2.75, 3.05) is 19.0 Å². The number of benzene rings is 2. The Kier molecular flexibility index (Phi) is 2.40. The van der Waals surface area contributed by atoms with Crippen LogP contribution in [-0.2, 0) is 0 Å². The van der Waals surface area contributed by atoms with Crippen LogP contribution in [0.5, 0.6) is 0 Å². The molecule has 1 aliphatic heterocycles. The van der Waals surface area contributed by atoms with Gasteiger partial charge in [0.15, 0.2) is 0 Å². The Balaban J connectivity index is 2.43. The molecule has 0 saturated carbocycles. The van der Waals surface area contributed by atoms with Gasteiger partial charge in [-0.1, -0.05) is 38.1 Å². The molecule has 1 aliphatic rings. The first-order valence-electron chi connectivity index (χ1n) is 6.47. The van der Waals surface area contributed by atoms with Gasteiger partial charge >= 0.3 is 0 Å². The van der Waals surface area contributed by atoms with Gasteiger partial charge in [-0.05, 0) is 17.5 Å². The predicted molar refractivity (Wildman–Crippen MR) is 78.0 cm³/mol. The van der Waals surface area contributed by atoms with Crippen molar-refractivity contribution < 1.29 is 4.58 Å². The van der Waals surface area contributed by atoms with Gasteiger partial charge in [0.2, 0.25) is 0 Å². The largest absolute Gasteiger partial charge is 0.259 e. The van der Waals surface area contributed by atoms with Gasteiger partial charge in [0.1, 0.15) is 11.4 Å². The summed E-state index contributed by atoms with van der Waals surface area (Å²) in [5, 5.41) is 2.67. The number of anilines is 1. The van der Waals surface area contributed by atoms with Crippen LogP contribution in [0.1, 0.15) is 13.8 Å². The Morgan fingerprint density at radius 1 is 1.06 bits per heavy atom. The van der Waals surface area contributed by atoms with Crippen molar-refractivity contribution in [2.45, 2.75) is 13.8 Å². The number of hydrogen-bond donors (Lipinski definition) is 0. The third kappa shape index (κ3) is 1.38. The second-order valence-electron chi connectivity index (χ2n) is 5.28. The lowest BCUT2D eigenvalue weighted by molar-refractivity contribution is -0.407. The zero-order valence-electron chi connectivity index (χ0n) is 11.4. The Morgan fingerprint density at radius 3 is 2.39 bits per heavy atom. The van der Waals surface area contributed by atoms with Crippen LogP contribution < -0.4 is 4.90 Å². The van der Waals surface area contributed by atoms with Gasteiger partial charge in [-0.15, -0.1) is 0 Å². The summed E-state index contributed by atoms with van der Waals surface area (Å²) in [6.45, 7) is 4.49. The lowest BCUT2D eigenvalue weighted by Gasteiger charge is -2.26. The molecule has 0 unspecified atom stereocenters. The third-order valence-electron chi connectivity index (χ3n) is 3.79. The Morgan fingerprint density at radius 2 is 1.72 bits per heavy atom. The fourth-order valence-electron chi connectivity index (χ4n) is 3.11. The summed E-state index contributed by atoms with van der Waals surface area (Å²) < 4.78 is 2.32. The second kappa shape index (κ2) is 3.84. The van der Waals surface area contributed by atoms with Gasteiger partial charge in [-0.25, -0.2) is 9.48 Å².